The Kier molecular flexibility index (Phi) is 5.69. The van der Waals surface area contributed by atoms with Crippen molar-refractivity contribution >= 4 is 17.5 Å². The lowest BCUT2D eigenvalue weighted by Gasteiger charge is -2.26. The minimum absolute atomic E-state index is 0.0123. The van der Waals surface area contributed by atoms with Gasteiger partial charge < -0.3 is 19.7 Å². The summed E-state index contributed by atoms with van der Waals surface area (Å²) in [5.74, 6) is -0.374. The number of morpholine rings is 1. The summed E-state index contributed by atoms with van der Waals surface area (Å²) in [6.07, 6.45) is -0.586. The van der Waals surface area contributed by atoms with E-state index in [-0.39, 0.29) is 17.1 Å². The van der Waals surface area contributed by atoms with Crippen molar-refractivity contribution in [3.8, 4) is 5.75 Å². The number of hydrogen-bond donors (Lipinski definition) is 1. The van der Waals surface area contributed by atoms with Crippen LogP contribution in [0, 0.1) is 0 Å². The largest absolute Gasteiger partial charge is 0.482 e. The van der Waals surface area contributed by atoms with E-state index in [0.717, 1.165) is 0 Å². The maximum atomic E-state index is 12.5. The van der Waals surface area contributed by atoms with Gasteiger partial charge in [-0.1, -0.05) is 0 Å². The van der Waals surface area contributed by atoms with Crippen LogP contribution in [0.25, 0.3) is 0 Å². The topological polar surface area (TPSA) is 89.5 Å². The van der Waals surface area contributed by atoms with Gasteiger partial charge >= 0.3 is 6.18 Å². The lowest BCUT2D eigenvalue weighted by molar-refractivity contribution is -0.153. The Balaban J connectivity index is 1.72. The average Bonchev–Trinajstić information content (AvgIpc) is 2.67. The van der Waals surface area contributed by atoms with Crippen LogP contribution in [0.5, 0.6) is 5.75 Å². The van der Waals surface area contributed by atoms with Crippen molar-refractivity contribution in [1.82, 2.24) is 15.0 Å². The number of amides is 1. The minimum atomic E-state index is -4.50. The Morgan fingerprint density at radius 1 is 1.26 bits per heavy atom. The van der Waals surface area contributed by atoms with Gasteiger partial charge in [0.2, 0.25) is 5.95 Å². The van der Waals surface area contributed by atoms with Gasteiger partial charge in [-0.25, -0.2) is 9.97 Å². The van der Waals surface area contributed by atoms with Gasteiger partial charge in [0.15, 0.2) is 6.61 Å². The predicted octanol–water partition coefficient (Wildman–Crippen LogP) is 1.90. The molecule has 1 saturated heterocycles. The Bertz CT molecular complexity index is 797. The van der Waals surface area contributed by atoms with Gasteiger partial charge in [-0.15, -0.1) is 0 Å². The molecule has 144 valence electrons. The molecule has 0 bridgehead atoms. The summed E-state index contributed by atoms with van der Waals surface area (Å²) in [7, 11) is 0. The van der Waals surface area contributed by atoms with Crippen LogP contribution in [0.3, 0.4) is 0 Å². The van der Waals surface area contributed by atoms with Gasteiger partial charge in [0.05, 0.1) is 19.4 Å². The molecule has 1 aliphatic heterocycles. The van der Waals surface area contributed by atoms with Crippen molar-refractivity contribution in [1.29, 1.82) is 0 Å². The zero-order valence-electron chi connectivity index (χ0n) is 14.1. The predicted molar refractivity (Wildman–Crippen MR) is 88.8 cm³/mol. The van der Waals surface area contributed by atoms with Crippen molar-refractivity contribution in [3.63, 3.8) is 0 Å². The molecular formula is C16H16F3N5O3. The highest BCUT2D eigenvalue weighted by atomic mass is 19.4. The maximum absolute atomic E-state index is 12.5. The van der Waals surface area contributed by atoms with E-state index in [2.05, 4.69) is 20.3 Å². The molecule has 8 nitrogen and oxygen atoms in total. The number of hydrogen-bond acceptors (Lipinski definition) is 7. The summed E-state index contributed by atoms with van der Waals surface area (Å²) in [6.45, 7) is 0.797. The lowest BCUT2D eigenvalue weighted by Crippen LogP contribution is -2.37. The molecule has 0 atom stereocenters. The van der Waals surface area contributed by atoms with Crippen molar-refractivity contribution in [3.05, 3.63) is 36.4 Å². The number of alkyl halides is 3. The average molecular weight is 383 g/mol. The van der Waals surface area contributed by atoms with E-state index in [1.165, 1.54) is 30.7 Å². The highest BCUT2D eigenvalue weighted by Crippen LogP contribution is 2.25. The summed E-state index contributed by atoms with van der Waals surface area (Å²) in [4.78, 5) is 26.5. The fourth-order valence-electron chi connectivity index (χ4n) is 2.34. The first-order valence-electron chi connectivity index (χ1n) is 8.03. The van der Waals surface area contributed by atoms with E-state index < -0.39 is 18.7 Å². The zero-order chi connectivity index (χ0) is 19.3. The van der Waals surface area contributed by atoms with E-state index in [1.54, 1.807) is 0 Å². The number of anilines is 2. The second kappa shape index (κ2) is 8.16. The minimum Gasteiger partial charge on any atom is -0.482 e. The van der Waals surface area contributed by atoms with E-state index in [0.29, 0.717) is 32.3 Å². The number of pyridine rings is 1. The van der Waals surface area contributed by atoms with Crippen LogP contribution in [-0.4, -0.2) is 59.9 Å². The number of halogens is 3. The molecule has 0 radical (unpaired) electrons. The summed E-state index contributed by atoms with van der Waals surface area (Å²) >= 11 is 0. The first kappa shape index (κ1) is 18.8. The van der Waals surface area contributed by atoms with Crippen LogP contribution >= 0.6 is 0 Å². The summed E-state index contributed by atoms with van der Waals surface area (Å²) < 4.78 is 47.1. The summed E-state index contributed by atoms with van der Waals surface area (Å²) in [6, 6.07) is 2.65. The fraction of sp³-hybridized carbons (Fsp3) is 0.375. The third kappa shape index (κ3) is 5.26. The van der Waals surface area contributed by atoms with Gasteiger partial charge in [-0.05, 0) is 6.07 Å². The Hall–Kier alpha value is -2.95. The number of aromatic nitrogens is 3. The van der Waals surface area contributed by atoms with Crippen molar-refractivity contribution in [2.45, 2.75) is 6.18 Å². The van der Waals surface area contributed by atoms with Gasteiger partial charge in [0.1, 0.15) is 17.1 Å². The number of carbonyl (C=O) groups excluding carboxylic acids is 1. The number of nitrogens with one attached hydrogen (secondary N) is 1. The molecule has 1 N–H and O–H groups in total. The Morgan fingerprint density at radius 2 is 2.04 bits per heavy atom. The van der Waals surface area contributed by atoms with Crippen molar-refractivity contribution < 1.29 is 27.4 Å². The van der Waals surface area contributed by atoms with Gasteiger partial charge in [0.25, 0.3) is 5.91 Å². The van der Waals surface area contributed by atoms with Crippen LogP contribution in [0.2, 0.25) is 0 Å². The second-order valence-electron chi connectivity index (χ2n) is 5.57. The summed E-state index contributed by atoms with van der Waals surface area (Å²) in [5.41, 5.74) is 0.0791. The van der Waals surface area contributed by atoms with E-state index in [1.807, 2.05) is 4.90 Å². The molecule has 3 heterocycles. The quantitative estimate of drug-likeness (QED) is 0.844. The van der Waals surface area contributed by atoms with E-state index in [4.69, 9.17) is 9.47 Å². The number of carbonyl (C=O) groups is 1. The Labute approximate surface area is 152 Å². The molecule has 0 unspecified atom stereocenters. The molecule has 2 aromatic rings. The number of nitrogens with zero attached hydrogens (tertiary/aromatic N) is 4. The van der Waals surface area contributed by atoms with Crippen LogP contribution in [0.15, 0.2) is 30.7 Å². The molecule has 1 aliphatic rings. The highest BCUT2D eigenvalue weighted by Gasteiger charge is 2.29. The molecule has 3 rings (SSSR count). The standard InChI is InChI=1S/C16H16F3N5O3/c17-16(18,19)10-27-13-2-3-20-9-12(13)22-14(25)11-1-4-21-15(23-11)24-5-7-26-8-6-24/h1-4,9H,5-8,10H2,(H,22,25). The van der Waals surface area contributed by atoms with E-state index >= 15 is 0 Å². The van der Waals surface area contributed by atoms with Gasteiger partial charge in [-0.3, -0.25) is 9.78 Å². The highest BCUT2D eigenvalue weighted by molar-refractivity contribution is 6.03. The second-order valence-corrected chi connectivity index (χ2v) is 5.57. The molecular weight excluding hydrogens is 367 g/mol. The molecule has 11 heteroatoms. The van der Waals surface area contributed by atoms with Crippen molar-refractivity contribution in [2.75, 3.05) is 43.1 Å². The lowest BCUT2D eigenvalue weighted by atomic mass is 10.3. The van der Waals surface area contributed by atoms with Gasteiger partial charge in [-0.2, -0.15) is 13.2 Å². The number of ether oxygens (including phenoxy) is 2. The third-order valence-electron chi connectivity index (χ3n) is 3.59. The van der Waals surface area contributed by atoms with Crippen LogP contribution in [-0.2, 0) is 4.74 Å². The first-order chi connectivity index (χ1) is 12.9. The zero-order valence-corrected chi connectivity index (χ0v) is 14.1. The molecule has 2 aromatic heterocycles. The molecule has 1 amide bonds. The first-order valence-corrected chi connectivity index (χ1v) is 8.03. The van der Waals surface area contributed by atoms with Crippen LogP contribution in [0.1, 0.15) is 10.5 Å². The molecule has 1 fully saturated rings. The maximum Gasteiger partial charge on any atom is 0.422 e. The monoisotopic (exact) mass is 383 g/mol. The van der Waals surface area contributed by atoms with E-state index in [9.17, 15) is 18.0 Å². The van der Waals surface area contributed by atoms with Crippen molar-refractivity contribution in [2.24, 2.45) is 0 Å². The smallest absolute Gasteiger partial charge is 0.422 e. The molecule has 0 saturated carbocycles. The SMILES string of the molecule is O=C(Nc1cnccc1OCC(F)(F)F)c1ccnc(N2CCOCC2)n1. The molecule has 0 spiro atoms. The molecule has 27 heavy (non-hydrogen) atoms. The summed E-state index contributed by atoms with van der Waals surface area (Å²) in [5, 5.41) is 2.47. The van der Waals surface area contributed by atoms with Gasteiger partial charge in [0, 0.05) is 31.5 Å². The molecule has 0 aromatic carbocycles. The fourth-order valence-corrected chi connectivity index (χ4v) is 2.34. The number of rotatable bonds is 5. The normalized spacial score (nSPS) is 14.7. The third-order valence-corrected chi connectivity index (χ3v) is 3.59. The molecule has 0 aliphatic carbocycles. The Morgan fingerprint density at radius 3 is 2.78 bits per heavy atom. The van der Waals surface area contributed by atoms with Crippen LogP contribution in [0.4, 0.5) is 24.8 Å². The van der Waals surface area contributed by atoms with Crippen LogP contribution < -0.4 is 15.0 Å².